The van der Waals surface area contributed by atoms with Gasteiger partial charge >= 0.3 is 0 Å². The molecule has 2 aromatic carbocycles. The number of carbonyl (C=O) groups is 1. The van der Waals surface area contributed by atoms with Crippen LogP contribution in [-0.2, 0) is 0 Å². The van der Waals surface area contributed by atoms with Gasteiger partial charge in [-0.2, -0.15) is 0 Å². The quantitative estimate of drug-likeness (QED) is 0.659. The number of benzene rings is 2. The minimum atomic E-state index is -0.144. The lowest BCUT2D eigenvalue weighted by molar-refractivity contribution is 0.102. The zero-order valence-electron chi connectivity index (χ0n) is 17.7. The molecule has 1 aromatic heterocycles. The van der Waals surface area contributed by atoms with Gasteiger partial charge < -0.3 is 24.6 Å². The number of aromatic nitrogens is 1. The van der Waals surface area contributed by atoms with Gasteiger partial charge in [0.25, 0.3) is 5.91 Å². The van der Waals surface area contributed by atoms with Crippen LogP contribution >= 0.6 is 0 Å². The first-order chi connectivity index (χ1) is 15.2. The Kier molecular flexibility index (Phi) is 6.21. The molecule has 2 heterocycles. The van der Waals surface area contributed by atoms with Gasteiger partial charge in [-0.15, -0.1) is 0 Å². The molecule has 1 aliphatic rings. The third-order valence-corrected chi connectivity index (χ3v) is 5.40. The van der Waals surface area contributed by atoms with Crippen molar-refractivity contribution in [2.45, 2.75) is 0 Å². The number of hydrogen-bond acceptors (Lipinski definition) is 6. The summed E-state index contributed by atoms with van der Waals surface area (Å²) in [4.78, 5) is 21.5. The summed E-state index contributed by atoms with van der Waals surface area (Å²) in [5, 5.41) is 2.94. The highest BCUT2D eigenvalue weighted by Crippen LogP contribution is 2.23. The third kappa shape index (κ3) is 4.88. The predicted octanol–water partition coefficient (Wildman–Crippen LogP) is 3.68. The summed E-state index contributed by atoms with van der Waals surface area (Å²) in [6.45, 7) is 3.57. The van der Waals surface area contributed by atoms with Crippen molar-refractivity contribution in [1.82, 2.24) is 4.98 Å². The predicted molar refractivity (Wildman–Crippen MR) is 123 cm³/mol. The molecule has 31 heavy (non-hydrogen) atoms. The van der Waals surface area contributed by atoms with E-state index in [0.29, 0.717) is 5.56 Å². The van der Waals surface area contributed by atoms with Crippen LogP contribution in [0.4, 0.5) is 17.2 Å². The van der Waals surface area contributed by atoms with E-state index in [9.17, 15) is 4.79 Å². The second-order valence-electron chi connectivity index (χ2n) is 7.26. The van der Waals surface area contributed by atoms with Crippen LogP contribution in [0.3, 0.4) is 0 Å². The van der Waals surface area contributed by atoms with Gasteiger partial charge in [-0.3, -0.25) is 4.79 Å². The van der Waals surface area contributed by atoms with Gasteiger partial charge in [0, 0.05) is 55.4 Å². The smallest absolute Gasteiger partial charge is 0.255 e. The van der Waals surface area contributed by atoms with E-state index in [1.807, 2.05) is 36.4 Å². The average Bonchev–Trinajstić information content (AvgIpc) is 2.84. The molecule has 7 heteroatoms. The SMILES string of the molecule is COc1ccc(C(=O)Nc2ccc(N3CCN(c4cc(OC)ccn4)CC3)cc2)cc1. The Morgan fingerprint density at radius 1 is 0.839 bits per heavy atom. The summed E-state index contributed by atoms with van der Waals surface area (Å²) >= 11 is 0. The Hall–Kier alpha value is -3.74. The number of anilines is 3. The minimum absolute atomic E-state index is 0.144. The number of nitrogens with one attached hydrogen (secondary N) is 1. The lowest BCUT2D eigenvalue weighted by atomic mass is 10.2. The van der Waals surface area contributed by atoms with E-state index in [-0.39, 0.29) is 5.91 Å². The lowest BCUT2D eigenvalue weighted by Crippen LogP contribution is -2.46. The minimum Gasteiger partial charge on any atom is -0.497 e. The number of methoxy groups -OCH3 is 2. The second kappa shape index (κ2) is 9.38. The van der Waals surface area contributed by atoms with Crippen molar-refractivity contribution < 1.29 is 14.3 Å². The van der Waals surface area contributed by atoms with Crippen LogP contribution in [0.15, 0.2) is 66.9 Å². The maximum absolute atomic E-state index is 12.4. The summed E-state index contributed by atoms with van der Waals surface area (Å²) in [5.41, 5.74) is 2.50. The van der Waals surface area contributed by atoms with E-state index in [1.54, 1.807) is 44.7 Å². The van der Waals surface area contributed by atoms with Crippen LogP contribution in [0.1, 0.15) is 10.4 Å². The number of hydrogen-bond donors (Lipinski definition) is 1. The van der Waals surface area contributed by atoms with Gasteiger partial charge in [0.1, 0.15) is 17.3 Å². The Balaban J connectivity index is 1.33. The Morgan fingerprint density at radius 2 is 1.48 bits per heavy atom. The van der Waals surface area contributed by atoms with E-state index >= 15 is 0 Å². The fourth-order valence-corrected chi connectivity index (χ4v) is 3.59. The van der Waals surface area contributed by atoms with Crippen molar-refractivity contribution >= 4 is 23.1 Å². The van der Waals surface area contributed by atoms with Gasteiger partial charge in [-0.1, -0.05) is 0 Å². The molecule has 4 rings (SSSR count). The number of amides is 1. The van der Waals surface area contributed by atoms with E-state index in [4.69, 9.17) is 9.47 Å². The average molecular weight is 418 g/mol. The molecule has 7 nitrogen and oxygen atoms in total. The summed E-state index contributed by atoms with van der Waals surface area (Å²) in [6, 6.07) is 18.8. The van der Waals surface area contributed by atoms with Gasteiger partial charge in [0.05, 0.1) is 14.2 Å². The molecular formula is C24H26N4O3. The number of piperazine rings is 1. The fourth-order valence-electron chi connectivity index (χ4n) is 3.59. The Morgan fingerprint density at radius 3 is 2.13 bits per heavy atom. The maximum Gasteiger partial charge on any atom is 0.255 e. The summed E-state index contributed by atoms with van der Waals surface area (Å²) in [7, 11) is 3.27. The molecule has 0 saturated carbocycles. The van der Waals surface area contributed by atoms with Crippen molar-refractivity contribution in [3.63, 3.8) is 0 Å². The molecule has 1 N–H and O–H groups in total. The molecule has 160 valence electrons. The van der Waals surface area contributed by atoms with Crippen molar-refractivity contribution in [2.24, 2.45) is 0 Å². The lowest BCUT2D eigenvalue weighted by Gasteiger charge is -2.36. The van der Waals surface area contributed by atoms with Crippen LogP contribution in [0.2, 0.25) is 0 Å². The first-order valence-electron chi connectivity index (χ1n) is 10.2. The third-order valence-electron chi connectivity index (χ3n) is 5.40. The van der Waals surface area contributed by atoms with Crippen molar-refractivity contribution in [1.29, 1.82) is 0 Å². The number of ether oxygens (including phenoxy) is 2. The Labute approximate surface area is 182 Å². The molecule has 1 fully saturated rings. The van der Waals surface area contributed by atoms with E-state index in [0.717, 1.165) is 54.9 Å². The van der Waals surface area contributed by atoms with Crippen LogP contribution in [0.25, 0.3) is 0 Å². The number of nitrogens with zero attached hydrogens (tertiary/aromatic N) is 3. The molecule has 1 saturated heterocycles. The highest BCUT2D eigenvalue weighted by Gasteiger charge is 2.19. The van der Waals surface area contributed by atoms with Crippen molar-refractivity contribution in [3.05, 3.63) is 72.4 Å². The van der Waals surface area contributed by atoms with Crippen LogP contribution in [0, 0.1) is 0 Å². The van der Waals surface area contributed by atoms with Crippen molar-refractivity contribution in [3.8, 4) is 11.5 Å². The van der Waals surface area contributed by atoms with Crippen LogP contribution < -0.4 is 24.6 Å². The molecule has 0 spiro atoms. The molecular weight excluding hydrogens is 392 g/mol. The molecule has 0 bridgehead atoms. The van der Waals surface area contributed by atoms with E-state index < -0.39 is 0 Å². The van der Waals surface area contributed by atoms with Gasteiger partial charge in [0.15, 0.2) is 0 Å². The second-order valence-corrected chi connectivity index (χ2v) is 7.26. The fraction of sp³-hybridized carbons (Fsp3) is 0.250. The molecule has 0 atom stereocenters. The molecule has 0 aliphatic carbocycles. The topological polar surface area (TPSA) is 66.9 Å². The zero-order valence-corrected chi connectivity index (χ0v) is 17.7. The molecule has 0 unspecified atom stereocenters. The molecule has 3 aromatic rings. The standard InChI is InChI=1S/C24H26N4O3/c1-30-21-9-3-18(4-10-21)24(29)26-19-5-7-20(8-6-19)27-13-15-28(16-14-27)23-17-22(31-2)11-12-25-23/h3-12,17H,13-16H2,1-2H3,(H,26,29). The van der Waals surface area contributed by atoms with Crippen LogP contribution in [0.5, 0.6) is 11.5 Å². The molecule has 1 aliphatic heterocycles. The Bertz CT molecular complexity index is 1010. The highest BCUT2D eigenvalue weighted by atomic mass is 16.5. The molecule has 0 radical (unpaired) electrons. The van der Waals surface area contributed by atoms with Crippen molar-refractivity contribution in [2.75, 3.05) is 55.5 Å². The van der Waals surface area contributed by atoms with Gasteiger partial charge in [-0.05, 0) is 54.6 Å². The summed E-state index contributed by atoms with van der Waals surface area (Å²) in [6.07, 6.45) is 1.78. The largest absolute Gasteiger partial charge is 0.497 e. The molecule has 1 amide bonds. The maximum atomic E-state index is 12.4. The monoisotopic (exact) mass is 418 g/mol. The number of carbonyl (C=O) groups excluding carboxylic acids is 1. The summed E-state index contributed by atoms with van der Waals surface area (Å²) < 4.78 is 10.4. The van der Waals surface area contributed by atoms with E-state index in [1.165, 1.54) is 0 Å². The highest BCUT2D eigenvalue weighted by molar-refractivity contribution is 6.04. The first-order valence-corrected chi connectivity index (χ1v) is 10.2. The normalized spacial score (nSPS) is 13.6. The zero-order chi connectivity index (χ0) is 21.6. The summed E-state index contributed by atoms with van der Waals surface area (Å²) in [5.74, 6) is 2.34. The number of rotatable bonds is 6. The van der Waals surface area contributed by atoms with Gasteiger partial charge in [-0.25, -0.2) is 4.98 Å². The first kappa shape index (κ1) is 20.5. The van der Waals surface area contributed by atoms with Crippen LogP contribution in [-0.4, -0.2) is 51.3 Å². The van der Waals surface area contributed by atoms with E-state index in [2.05, 4.69) is 20.1 Å². The number of pyridine rings is 1. The van der Waals surface area contributed by atoms with Gasteiger partial charge in [0.2, 0.25) is 0 Å².